The molecule has 5 heterocycles. The second kappa shape index (κ2) is 21.4. The van der Waals surface area contributed by atoms with Crippen LogP contribution < -0.4 is 0 Å². The van der Waals surface area contributed by atoms with E-state index in [0.29, 0.717) is 0 Å². The van der Waals surface area contributed by atoms with Crippen molar-refractivity contribution in [3.8, 4) is 0 Å². The van der Waals surface area contributed by atoms with Gasteiger partial charge >= 0.3 is 5.97 Å². The van der Waals surface area contributed by atoms with Crippen molar-refractivity contribution in [3.63, 3.8) is 0 Å². The Bertz CT molecular complexity index is 1330. The summed E-state index contributed by atoms with van der Waals surface area (Å²) in [6, 6.07) is 0. The van der Waals surface area contributed by atoms with Gasteiger partial charge in [0.25, 0.3) is 0 Å². The maximum absolute atomic E-state index is 11.1. The van der Waals surface area contributed by atoms with Crippen molar-refractivity contribution in [2.75, 3.05) is 39.6 Å². The molecule has 5 fully saturated rings. The van der Waals surface area contributed by atoms with E-state index in [1.807, 2.05) is 0 Å². The van der Waals surface area contributed by atoms with Gasteiger partial charge < -0.3 is 134 Å². The molecule has 0 spiro atoms. The summed E-state index contributed by atoms with van der Waals surface area (Å²) >= 11 is 0. The molecule has 0 unspecified atom stereocenters. The molecule has 5 saturated heterocycles. The predicted octanol–water partition coefficient (Wildman–Crippen LogP) is -11.8. The van der Waals surface area contributed by atoms with Crippen molar-refractivity contribution in [2.45, 2.75) is 154 Å². The van der Waals surface area contributed by atoms with Gasteiger partial charge in [-0.05, 0) is 0 Å². The Balaban J connectivity index is 1.24. The molecule has 28 nitrogen and oxygen atoms in total. The van der Waals surface area contributed by atoms with Crippen LogP contribution in [0.15, 0.2) is 0 Å². The number of aliphatic carboxylic acids is 1. The van der Waals surface area contributed by atoms with Gasteiger partial charge in [-0.15, -0.1) is 0 Å². The number of aliphatic hydroxyl groups excluding tert-OH is 16. The molecule has 0 saturated carbocycles. The lowest BCUT2D eigenvalue weighted by molar-refractivity contribution is -0.393. The zero-order valence-corrected chi connectivity index (χ0v) is 31.3. The van der Waals surface area contributed by atoms with Gasteiger partial charge in [0, 0.05) is 0 Å². The lowest BCUT2D eigenvalue weighted by Crippen LogP contribution is -2.68. The smallest absolute Gasteiger partial charge is 0.329 e. The van der Waals surface area contributed by atoms with Crippen LogP contribution in [0.25, 0.3) is 0 Å². The molecule has 5 rings (SSSR count). The summed E-state index contributed by atoms with van der Waals surface area (Å²) in [4.78, 5) is 11.1. The number of carbonyl (C=O) groups is 1. The highest BCUT2D eigenvalue weighted by Crippen LogP contribution is 2.35. The molecule has 0 aromatic carbocycles. The SMILES string of the molecule is O=C(O)CO[C@H]1[C@@H](O[C@H]2[C@H](O)[C@@H](O)[C@@H](O[C@H]3[C@H](O)[C@@H](O)[C@@H](O[C@H]4[C@H](O)[C@@H](O)[C@@H](O[C@H]5[C@H](O)[C@@H](O)[C@@H](O)O[C@@H]5CO)O[C@@H]4CO)O[C@@H]3CO)O[C@@H]2CO)O[C@H](CO)[C@@H](O)[C@@H]1O. The standard InChI is InChI=1S/C32H54O28/c33-1-7-13(40)14(41)27(51-6-12(38)39)32(53-7)60-26-11(5-37)56-31(22(49)18(26)45)59-25-10(4-36)55-30(21(48)17(25)44)58-24-9(3-35)54-29(20(47)16(24)43)57-23-8(2-34)52-28(50)19(46)15(23)42/h7-11,13-37,40-50H,1-6H2,(H,38,39)/t7-,8-,9-,10-,11-,13-,14+,15-,16-,17-,18-,19-,20-,21-,22-,23-,24-,25-,26-,27-,28+,29-,30-,31-,32-/m1/s1. The van der Waals surface area contributed by atoms with Gasteiger partial charge in [-0.1, -0.05) is 0 Å². The molecule has 0 aromatic heterocycles. The van der Waals surface area contributed by atoms with Gasteiger partial charge in [-0.25, -0.2) is 4.79 Å². The lowest BCUT2D eigenvalue weighted by atomic mass is 9.95. The minimum absolute atomic E-state index is 0.848. The first-order chi connectivity index (χ1) is 28.4. The first-order valence-electron chi connectivity index (χ1n) is 18.7. The van der Waals surface area contributed by atoms with Gasteiger partial charge in [0.15, 0.2) is 31.5 Å². The number of hydrogen-bond acceptors (Lipinski definition) is 27. The topological polar surface area (TPSA) is 453 Å². The van der Waals surface area contributed by atoms with Crippen molar-refractivity contribution >= 4 is 5.97 Å². The predicted molar refractivity (Wildman–Crippen MR) is 178 cm³/mol. The number of hydrogen-bond donors (Lipinski definition) is 17. The fourth-order valence-electron chi connectivity index (χ4n) is 7.36. The second-order valence-electron chi connectivity index (χ2n) is 14.6. The lowest BCUT2D eigenvalue weighted by Gasteiger charge is -2.49. The van der Waals surface area contributed by atoms with Crippen LogP contribution in [0.4, 0.5) is 0 Å². The van der Waals surface area contributed by atoms with E-state index in [0.717, 1.165) is 0 Å². The summed E-state index contributed by atoms with van der Waals surface area (Å²) < 4.78 is 54.6. The maximum Gasteiger partial charge on any atom is 0.329 e. The summed E-state index contributed by atoms with van der Waals surface area (Å²) in [5, 5.41) is 176. The molecule has 0 aromatic rings. The van der Waals surface area contributed by atoms with Crippen molar-refractivity contribution in [2.24, 2.45) is 0 Å². The average molecular weight is 887 g/mol. The Morgan fingerprint density at radius 3 is 1.02 bits per heavy atom. The van der Waals surface area contributed by atoms with Crippen LogP contribution in [-0.2, 0) is 52.2 Å². The van der Waals surface area contributed by atoms with Gasteiger partial charge in [-0.2, -0.15) is 0 Å². The second-order valence-corrected chi connectivity index (χ2v) is 14.6. The molecule has 0 radical (unpaired) electrons. The Morgan fingerprint density at radius 1 is 0.367 bits per heavy atom. The molecule has 5 aliphatic rings. The number of aliphatic hydroxyl groups is 16. The van der Waals surface area contributed by atoms with Gasteiger partial charge in [0.2, 0.25) is 0 Å². The Kier molecular flexibility index (Phi) is 17.6. The van der Waals surface area contributed by atoms with Crippen molar-refractivity contribution in [1.29, 1.82) is 0 Å². The quantitative estimate of drug-likeness (QED) is 0.0684. The fraction of sp³-hybridized carbons (Fsp3) is 0.969. The number of rotatable bonds is 16. The van der Waals surface area contributed by atoms with E-state index in [-0.39, 0.29) is 0 Å². The molecule has 0 bridgehead atoms. The van der Waals surface area contributed by atoms with Crippen LogP contribution in [0.5, 0.6) is 0 Å². The number of carboxylic acids is 1. The molecule has 28 heteroatoms. The average Bonchev–Trinajstić information content (AvgIpc) is 3.23. The molecule has 350 valence electrons. The van der Waals surface area contributed by atoms with Crippen LogP contribution in [-0.4, -0.2) is 286 Å². The molecule has 17 N–H and O–H groups in total. The summed E-state index contributed by atoms with van der Waals surface area (Å²) in [6.07, 6.45) is -46.5. The van der Waals surface area contributed by atoms with E-state index in [1.54, 1.807) is 0 Å². The fourth-order valence-corrected chi connectivity index (χ4v) is 7.36. The summed E-state index contributed by atoms with van der Waals surface area (Å²) in [5.41, 5.74) is 0. The monoisotopic (exact) mass is 886 g/mol. The zero-order valence-electron chi connectivity index (χ0n) is 31.3. The zero-order chi connectivity index (χ0) is 44.3. The summed E-state index contributed by atoms with van der Waals surface area (Å²) in [6.45, 7) is -5.69. The number of carboxylic acid groups (broad SMARTS) is 1. The van der Waals surface area contributed by atoms with Crippen LogP contribution in [0.2, 0.25) is 0 Å². The third-order valence-corrected chi connectivity index (χ3v) is 10.7. The molecule has 25 atom stereocenters. The molecule has 0 amide bonds. The molecular weight excluding hydrogens is 832 g/mol. The van der Waals surface area contributed by atoms with E-state index < -0.39 is 199 Å². The van der Waals surface area contributed by atoms with Crippen molar-refractivity contribution in [1.82, 2.24) is 0 Å². The third kappa shape index (κ3) is 10.3. The van der Waals surface area contributed by atoms with Crippen LogP contribution >= 0.6 is 0 Å². The van der Waals surface area contributed by atoms with Gasteiger partial charge in [0.05, 0.1) is 33.0 Å². The van der Waals surface area contributed by atoms with Crippen LogP contribution in [0.1, 0.15) is 0 Å². The highest BCUT2D eigenvalue weighted by atomic mass is 16.8. The Hall–Kier alpha value is -1.57. The first kappa shape index (κ1) is 49.4. The van der Waals surface area contributed by atoms with Crippen LogP contribution in [0, 0.1) is 0 Å². The van der Waals surface area contributed by atoms with Crippen molar-refractivity contribution < 1.29 is 139 Å². The largest absolute Gasteiger partial charge is 0.480 e. The van der Waals surface area contributed by atoms with E-state index >= 15 is 0 Å². The van der Waals surface area contributed by atoms with Gasteiger partial charge in [-0.3, -0.25) is 0 Å². The molecule has 0 aliphatic carbocycles. The molecule has 5 aliphatic heterocycles. The van der Waals surface area contributed by atoms with E-state index in [9.17, 15) is 86.5 Å². The normalized spacial score (nSPS) is 50.4. The van der Waals surface area contributed by atoms with E-state index in [2.05, 4.69) is 0 Å². The van der Waals surface area contributed by atoms with E-state index in [1.165, 1.54) is 0 Å². The highest BCUT2D eigenvalue weighted by Gasteiger charge is 2.56. The Labute approximate surface area is 338 Å². The summed E-state index contributed by atoms with van der Waals surface area (Å²) in [5.74, 6) is -1.49. The third-order valence-electron chi connectivity index (χ3n) is 10.7. The van der Waals surface area contributed by atoms with Gasteiger partial charge in [0.1, 0.15) is 129 Å². The Morgan fingerprint density at radius 2 is 0.667 bits per heavy atom. The highest BCUT2D eigenvalue weighted by molar-refractivity contribution is 5.68. The minimum atomic E-state index is -2.15. The number of ether oxygens (including phenoxy) is 10. The summed E-state index contributed by atoms with van der Waals surface area (Å²) in [7, 11) is 0. The van der Waals surface area contributed by atoms with E-state index in [4.69, 9.17) is 52.5 Å². The first-order valence-corrected chi connectivity index (χ1v) is 18.7. The minimum Gasteiger partial charge on any atom is -0.480 e. The molecular formula is C32H54O28. The maximum atomic E-state index is 11.1. The molecule has 60 heavy (non-hydrogen) atoms. The van der Waals surface area contributed by atoms with Crippen LogP contribution in [0.3, 0.4) is 0 Å². The van der Waals surface area contributed by atoms with Crippen molar-refractivity contribution in [3.05, 3.63) is 0 Å².